The van der Waals surface area contributed by atoms with Gasteiger partial charge in [-0.25, -0.2) is 4.79 Å². The molecule has 0 saturated carbocycles. The van der Waals surface area contributed by atoms with Crippen molar-refractivity contribution in [3.05, 3.63) is 30.5 Å². The highest BCUT2D eigenvalue weighted by Gasteiger charge is 2.16. The van der Waals surface area contributed by atoms with Crippen LogP contribution in [-0.4, -0.2) is 47.3 Å². The molecule has 0 radical (unpaired) electrons. The first-order chi connectivity index (χ1) is 11.0. The highest BCUT2D eigenvalue weighted by molar-refractivity contribution is 5.88. The Morgan fingerprint density at radius 1 is 1.26 bits per heavy atom. The molecule has 23 heavy (non-hydrogen) atoms. The molecule has 8 nitrogen and oxygen atoms in total. The summed E-state index contributed by atoms with van der Waals surface area (Å²) >= 11 is 0. The fourth-order valence-electron chi connectivity index (χ4n) is 2.05. The number of esters is 1. The summed E-state index contributed by atoms with van der Waals surface area (Å²) in [6, 6.07) is 6.75. The van der Waals surface area contributed by atoms with Crippen LogP contribution in [0.3, 0.4) is 0 Å². The van der Waals surface area contributed by atoms with Crippen LogP contribution in [0.4, 0.5) is 0 Å². The van der Waals surface area contributed by atoms with Crippen molar-refractivity contribution < 1.29 is 19.1 Å². The summed E-state index contributed by atoms with van der Waals surface area (Å²) in [4.78, 5) is 34.7. The predicted octanol–water partition coefficient (Wildman–Crippen LogP) is -0.170. The van der Waals surface area contributed by atoms with Crippen molar-refractivity contribution in [2.45, 2.75) is 19.5 Å². The third-order valence-electron chi connectivity index (χ3n) is 3.22. The average Bonchev–Trinajstić information content (AvgIpc) is 2.95. The Balaban J connectivity index is 1.83. The maximum absolute atomic E-state index is 11.9. The molecule has 1 aromatic heterocycles. The first-order valence-corrected chi connectivity index (χ1v) is 7.05. The summed E-state index contributed by atoms with van der Waals surface area (Å²) in [5.41, 5.74) is 0.839. The average molecular weight is 318 g/mol. The lowest BCUT2D eigenvalue weighted by Crippen LogP contribution is -2.44. The molecule has 2 N–H and O–H groups in total. The molecule has 0 bridgehead atoms. The van der Waals surface area contributed by atoms with Crippen molar-refractivity contribution in [1.82, 2.24) is 20.4 Å². The van der Waals surface area contributed by atoms with Crippen LogP contribution in [0, 0.1) is 0 Å². The number of ether oxygens (including phenoxy) is 1. The number of methoxy groups -OCH3 is 1. The van der Waals surface area contributed by atoms with Gasteiger partial charge in [0.1, 0.15) is 12.6 Å². The number of carbonyl (C=O) groups excluding carboxylic acids is 3. The molecule has 0 aliphatic heterocycles. The monoisotopic (exact) mass is 318 g/mol. The highest BCUT2D eigenvalue weighted by Crippen LogP contribution is 2.11. The predicted molar refractivity (Wildman–Crippen MR) is 82.4 cm³/mol. The summed E-state index contributed by atoms with van der Waals surface area (Å²) in [6.07, 6.45) is 1.67. The van der Waals surface area contributed by atoms with Gasteiger partial charge in [0.05, 0.1) is 25.4 Å². The summed E-state index contributed by atoms with van der Waals surface area (Å²) in [7, 11) is 1.24. The van der Waals surface area contributed by atoms with Crippen LogP contribution in [0.1, 0.15) is 6.92 Å². The van der Waals surface area contributed by atoms with Gasteiger partial charge in [-0.15, -0.1) is 0 Å². The number of nitrogens with zero attached hydrogens (tertiary/aromatic N) is 2. The lowest BCUT2D eigenvalue weighted by Gasteiger charge is -2.12. The maximum atomic E-state index is 11.9. The van der Waals surface area contributed by atoms with Gasteiger partial charge in [-0.1, -0.05) is 18.2 Å². The van der Waals surface area contributed by atoms with E-state index in [-0.39, 0.29) is 19.0 Å². The molecular weight excluding hydrogens is 300 g/mol. The zero-order chi connectivity index (χ0) is 16.8. The molecule has 0 spiro atoms. The topological polar surface area (TPSA) is 102 Å². The lowest BCUT2D eigenvalue weighted by atomic mass is 10.2. The molecule has 2 amide bonds. The summed E-state index contributed by atoms with van der Waals surface area (Å²) < 4.78 is 6.05. The van der Waals surface area contributed by atoms with Crippen molar-refractivity contribution in [1.29, 1.82) is 0 Å². The number of rotatable bonds is 6. The van der Waals surface area contributed by atoms with Crippen molar-refractivity contribution in [3.63, 3.8) is 0 Å². The van der Waals surface area contributed by atoms with Crippen LogP contribution >= 0.6 is 0 Å². The standard InChI is InChI=1S/C15H18N4O4/c1-10(15(22)23-2)18-13(20)8-16-14(21)9-19-12-6-4-3-5-11(12)7-17-19/h3-7,10H,8-9H2,1-2H3,(H,16,21)(H,18,20)/t10-/m0/s1. The molecule has 2 aromatic rings. The minimum Gasteiger partial charge on any atom is -0.467 e. The van der Waals surface area contributed by atoms with Crippen LogP contribution in [0.15, 0.2) is 30.5 Å². The van der Waals surface area contributed by atoms with Gasteiger partial charge in [-0.05, 0) is 13.0 Å². The van der Waals surface area contributed by atoms with Gasteiger partial charge in [0.25, 0.3) is 0 Å². The number of fused-ring (bicyclic) bond motifs is 1. The molecule has 0 unspecified atom stereocenters. The molecule has 2 rings (SSSR count). The van der Waals surface area contributed by atoms with E-state index in [9.17, 15) is 14.4 Å². The fourth-order valence-corrected chi connectivity index (χ4v) is 2.05. The molecule has 0 aliphatic rings. The largest absolute Gasteiger partial charge is 0.467 e. The Kier molecular flexibility index (Phi) is 5.29. The SMILES string of the molecule is COC(=O)[C@H](C)NC(=O)CNC(=O)Cn1ncc2ccccc21. The van der Waals surface area contributed by atoms with Crippen LogP contribution in [0.2, 0.25) is 0 Å². The van der Waals surface area contributed by atoms with E-state index in [1.165, 1.54) is 14.0 Å². The number of amides is 2. The second-order valence-corrected chi connectivity index (χ2v) is 4.95. The maximum Gasteiger partial charge on any atom is 0.328 e. The summed E-state index contributed by atoms with van der Waals surface area (Å²) in [5, 5.41) is 9.98. The van der Waals surface area contributed by atoms with Crippen LogP contribution < -0.4 is 10.6 Å². The fraction of sp³-hybridized carbons (Fsp3) is 0.333. The summed E-state index contributed by atoms with van der Waals surface area (Å²) in [6.45, 7) is 1.29. The van der Waals surface area contributed by atoms with E-state index < -0.39 is 17.9 Å². The quantitative estimate of drug-likeness (QED) is 0.720. The first-order valence-electron chi connectivity index (χ1n) is 7.05. The van der Waals surface area contributed by atoms with Gasteiger partial charge in [-0.2, -0.15) is 5.10 Å². The van der Waals surface area contributed by atoms with Crippen LogP contribution in [0.5, 0.6) is 0 Å². The van der Waals surface area contributed by atoms with E-state index >= 15 is 0 Å². The zero-order valence-corrected chi connectivity index (χ0v) is 12.9. The second kappa shape index (κ2) is 7.39. The van der Waals surface area contributed by atoms with E-state index in [2.05, 4.69) is 20.5 Å². The van der Waals surface area contributed by atoms with E-state index in [0.29, 0.717) is 0 Å². The third-order valence-corrected chi connectivity index (χ3v) is 3.22. The first kappa shape index (κ1) is 16.5. The number of nitrogens with one attached hydrogen (secondary N) is 2. The van der Waals surface area contributed by atoms with Gasteiger partial charge >= 0.3 is 5.97 Å². The number of hydrogen-bond acceptors (Lipinski definition) is 5. The van der Waals surface area contributed by atoms with Gasteiger partial charge < -0.3 is 15.4 Å². The zero-order valence-electron chi connectivity index (χ0n) is 12.9. The minimum atomic E-state index is -0.764. The smallest absolute Gasteiger partial charge is 0.328 e. The highest BCUT2D eigenvalue weighted by atomic mass is 16.5. The molecule has 0 aliphatic carbocycles. The van der Waals surface area contributed by atoms with Crippen molar-refractivity contribution in [3.8, 4) is 0 Å². The molecule has 0 fully saturated rings. The number of carbonyl (C=O) groups is 3. The number of para-hydroxylation sites is 1. The minimum absolute atomic E-state index is 0.00729. The molecule has 0 saturated heterocycles. The lowest BCUT2D eigenvalue weighted by molar-refractivity contribution is -0.144. The Bertz CT molecular complexity index is 725. The number of hydrogen-bond donors (Lipinski definition) is 2. The van der Waals surface area contributed by atoms with Gasteiger partial charge in [0.15, 0.2) is 0 Å². The van der Waals surface area contributed by atoms with Crippen molar-refractivity contribution >= 4 is 28.7 Å². The normalized spacial score (nSPS) is 11.7. The van der Waals surface area contributed by atoms with Gasteiger partial charge in [-0.3, -0.25) is 14.3 Å². The van der Waals surface area contributed by atoms with Gasteiger partial charge in [0.2, 0.25) is 11.8 Å². The van der Waals surface area contributed by atoms with Crippen molar-refractivity contribution in [2.24, 2.45) is 0 Å². The Morgan fingerprint density at radius 2 is 2.00 bits per heavy atom. The molecule has 122 valence electrons. The molecule has 1 aromatic carbocycles. The molecular formula is C15H18N4O4. The number of benzene rings is 1. The van der Waals surface area contributed by atoms with Crippen LogP contribution in [0.25, 0.3) is 10.9 Å². The van der Waals surface area contributed by atoms with E-state index in [1.54, 1.807) is 10.9 Å². The van der Waals surface area contributed by atoms with Gasteiger partial charge in [0, 0.05) is 5.39 Å². The third kappa shape index (κ3) is 4.29. The Labute approximate surface area is 132 Å². The van der Waals surface area contributed by atoms with E-state index in [4.69, 9.17) is 0 Å². The second-order valence-electron chi connectivity index (χ2n) is 4.95. The van der Waals surface area contributed by atoms with Crippen molar-refractivity contribution in [2.75, 3.05) is 13.7 Å². The number of aromatic nitrogens is 2. The summed E-state index contributed by atoms with van der Waals surface area (Å²) in [5.74, 6) is -1.37. The van der Waals surface area contributed by atoms with Crippen LogP contribution in [-0.2, 0) is 25.7 Å². The molecule has 1 atom stereocenters. The van der Waals surface area contributed by atoms with E-state index in [0.717, 1.165) is 10.9 Å². The Morgan fingerprint density at radius 3 is 2.74 bits per heavy atom. The van der Waals surface area contributed by atoms with E-state index in [1.807, 2.05) is 24.3 Å². The Hall–Kier alpha value is -2.90. The molecule has 1 heterocycles. The molecule has 8 heteroatoms.